The largest absolute Gasteiger partial charge is 0.308 e. The first-order valence-corrected chi connectivity index (χ1v) is 14.5. The van der Waals surface area contributed by atoms with Gasteiger partial charge in [-0.2, -0.15) is 10.5 Å². The Morgan fingerprint density at radius 1 is 0.476 bits per heavy atom. The zero-order valence-corrected chi connectivity index (χ0v) is 23.2. The fourth-order valence-electron chi connectivity index (χ4n) is 6.27. The van der Waals surface area contributed by atoms with E-state index >= 15 is 0 Å². The lowest BCUT2D eigenvalue weighted by Gasteiger charge is -2.33. The van der Waals surface area contributed by atoms with Gasteiger partial charge in [0.2, 0.25) is 0 Å². The number of para-hydroxylation sites is 2. The van der Waals surface area contributed by atoms with Crippen LogP contribution >= 0.6 is 11.8 Å². The van der Waals surface area contributed by atoms with Crippen LogP contribution < -0.4 is 4.90 Å². The van der Waals surface area contributed by atoms with Crippen LogP contribution in [-0.4, -0.2) is 0 Å². The van der Waals surface area contributed by atoms with Gasteiger partial charge < -0.3 is 4.90 Å². The Bertz CT molecular complexity index is 2230. The van der Waals surface area contributed by atoms with Crippen LogP contribution in [0.3, 0.4) is 0 Å². The number of hydrogen-bond acceptors (Lipinski definition) is 4. The van der Waals surface area contributed by atoms with Crippen molar-refractivity contribution in [1.82, 2.24) is 0 Å². The summed E-state index contributed by atoms with van der Waals surface area (Å²) in [6.45, 7) is 0. The van der Waals surface area contributed by atoms with E-state index in [1.807, 2.05) is 17.8 Å². The van der Waals surface area contributed by atoms with Crippen molar-refractivity contribution >= 4 is 61.1 Å². The van der Waals surface area contributed by atoms with Crippen LogP contribution in [0.15, 0.2) is 137 Å². The number of nitrogens with zero attached hydrogens (tertiary/aromatic N) is 3. The van der Waals surface area contributed by atoms with Crippen molar-refractivity contribution in [3.05, 3.63) is 139 Å². The predicted molar refractivity (Wildman–Crippen MR) is 173 cm³/mol. The van der Waals surface area contributed by atoms with Gasteiger partial charge in [-0.05, 0) is 92.5 Å². The number of fused-ring (bicyclic) bond motifs is 8. The molecule has 8 rings (SSSR count). The second-order valence-corrected chi connectivity index (χ2v) is 11.4. The highest BCUT2D eigenvalue weighted by molar-refractivity contribution is 7.99. The van der Waals surface area contributed by atoms with Crippen LogP contribution in [-0.2, 0) is 0 Å². The number of benzene rings is 7. The predicted octanol–water partition coefficient (Wildman–Crippen LogP) is 10.5. The molecule has 7 aromatic rings. The van der Waals surface area contributed by atoms with E-state index in [1.165, 1.54) is 37.3 Å². The summed E-state index contributed by atoms with van der Waals surface area (Å²) >= 11 is 1.81. The third-order valence-electron chi connectivity index (χ3n) is 8.10. The summed E-state index contributed by atoms with van der Waals surface area (Å²) in [6, 6.07) is 48.6. The molecule has 0 radical (unpaired) electrons. The van der Waals surface area contributed by atoms with Gasteiger partial charge in [-0.15, -0.1) is 0 Å². The highest BCUT2D eigenvalue weighted by atomic mass is 32.2. The average molecular weight is 552 g/mol. The molecule has 0 atom stereocenters. The molecule has 0 spiro atoms. The molecule has 1 heterocycles. The van der Waals surface area contributed by atoms with E-state index < -0.39 is 0 Å². The molecule has 0 aromatic heterocycles. The van der Waals surface area contributed by atoms with Crippen LogP contribution in [0.1, 0.15) is 11.1 Å². The van der Waals surface area contributed by atoms with Crippen molar-refractivity contribution in [3.63, 3.8) is 0 Å². The quantitative estimate of drug-likeness (QED) is 0.201. The minimum absolute atomic E-state index is 0.503. The molecule has 0 saturated carbocycles. The third-order valence-corrected chi connectivity index (χ3v) is 9.24. The van der Waals surface area contributed by atoms with Crippen molar-refractivity contribution in [2.75, 3.05) is 4.90 Å². The summed E-state index contributed by atoms with van der Waals surface area (Å²) < 4.78 is 0. The summed E-state index contributed by atoms with van der Waals surface area (Å²) in [5.41, 5.74) is 6.04. The van der Waals surface area contributed by atoms with Crippen LogP contribution in [0.2, 0.25) is 0 Å². The molecule has 4 heteroatoms. The average Bonchev–Trinajstić information content (AvgIpc) is 3.06. The molecule has 3 nitrogen and oxygen atoms in total. The van der Waals surface area contributed by atoms with Gasteiger partial charge in [0.25, 0.3) is 0 Å². The molecular weight excluding hydrogens is 531 g/mol. The van der Waals surface area contributed by atoms with Crippen LogP contribution in [0.4, 0.5) is 17.1 Å². The smallest absolute Gasteiger partial charge is 0.0998 e. The Kier molecular flexibility index (Phi) is 5.50. The monoisotopic (exact) mass is 551 g/mol. The fraction of sp³-hybridized carbons (Fsp3) is 0. The van der Waals surface area contributed by atoms with Gasteiger partial charge in [-0.3, -0.25) is 0 Å². The van der Waals surface area contributed by atoms with Crippen LogP contribution in [0.25, 0.3) is 43.4 Å². The SMILES string of the molecule is N#Cc1cccc(C#N)c1-c1ccc2c3ccc(N4c5ccccc5Sc5ccccc54)cc3c3ccccc3c2c1. The van der Waals surface area contributed by atoms with Gasteiger partial charge in [-0.25, -0.2) is 0 Å². The third kappa shape index (κ3) is 3.60. The maximum absolute atomic E-state index is 9.82. The van der Waals surface area contributed by atoms with E-state index in [9.17, 15) is 10.5 Å². The lowest BCUT2D eigenvalue weighted by molar-refractivity contribution is 1.17. The van der Waals surface area contributed by atoms with Gasteiger partial charge in [0.1, 0.15) is 0 Å². The maximum atomic E-state index is 9.82. The molecule has 0 aliphatic carbocycles. The van der Waals surface area contributed by atoms with E-state index in [1.54, 1.807) is 18.2 Å². The number of nitriles is 2. The Morgan fingerprint density at radius 2 is 1.00 bits per heavy atom. The van der Waals surface area contributed by atoms with Gasteiger partial charge in [0, 0.05) is 21.0 Å². The van der Waals surface area contributed by atoms with Crippen molar-refractivity contribution in [2.24, 2.45) is 0 Å². The number of hydrogen-bond donors (Lipinski definition) is 0. The number of anilines is 3. The first-order chi connectivity index (χ1) is 20.7. The molecule has 1 aliphatic rings. The molecule has 0 saturated heterocycles. The Hall–Kier alpha value is -5.55. The van der Waals surface area contributed by atoms with E-state index in [4.69, 9.17) is 0 Å². The Labute approximate surface area is 247 Å². The molecule has 0 fully saturated rings. The molecule has 194 valence electrons. The first-order valence-electron chi connectivity index (χ1n) is 13.7. The van der Waals surface area contributed by atoms with Crippen molar-refractivity contribution in [2.45, 2.75) is 9.79 Å². The Balaban J connectivity index is 1.40. The van der Waals surface area contributed by atoms with Crippen molar-refractivity contribution in [1.29, 1.82) is 10.5 Å². The maximum Gasteiger partial charge on any atom is 0.0998 e. The fourth-order valence-corrected chi connectivity index (χ4v) is 7.33. The normalized spacial score (nSPS) is 12.1. The molecule has 0 N–H and O–H groups in total. The molecule has 1 aliphatic heterocycles. The number of rotatable bonds is 2. The second-order valence-electron chi connectivity index (χ2n) is 10.4. The van der Waals surface area contributed by atoms with Gasteiger partial charge >= 0.3 is 0 Å². The second kappa shape index (κ2) is 9.53. The summed E-state index contributed by atoms with van der Waals surface area (Å²) in [4.78, 5) is 4.84. The van der Waals surface area contributed by atoms with Crippen LogP contribution in [0.5, 0.6) is 0 Å². The zero-order valence-electron chi connectivity index (χ0n) is 22.4. The van der Waals surface area contributed by atoms with E-state index in [0.717, 1.165) is 27.4 Å². The lowest BCUT2D eigenvalue weighted by atomic mass is 9.89. The first kappa shape index (κ1) is 24.3. The van der Waals surface area contributed by atoms with Crippen molar-refractivity contribution < 1.29 is 0 Å². The summed E-state index contributed by atoms with van der Waals surface area (Å²) in [5, 5.41) is 26.5. The minimum atomic E-state index is 0.503. The summed E-state index contributed by atoms with van der Waals surface area (Å²) in [6.07, 6.45) is 0. The highest BCUT2D eigenvalue weighted by Gasteiger charge is 2.25. The zero-order chi connectivity index (χ0) is 28.2. The van der Waals surface area contributed by atoms with E-state index in [-0.39, 0.29) is 0 Å². The van der Waals surface area contributed by atoms with Gasteiger partial charge in [-0.1, -0.05) is 84.6 Å². The van der Waals surface area contributed by atoms with Crippen molar-refractivity contribution in [3.8, 4) is 23.3 Å². The molecule has 0 unspecified atom stereocenters. The molecule has 0 bridgehead atoms. The van der Waals surface area contributed by atoms with E-state index in [0.29, 0.717) is 16.7 Å². The molecular formula is C38H21N3S. The molecule has 7 aromatic carbocycles. The molecule has 0 amide bonds. The molecule has 42 heavy (non-hydrogen) atoms. The summed E-state index contributed by atoms with van der Waals surface area (Å²) in [5.74, 6) is 0. The van der Waals surface area contributed by atoms with Crippen LogP contribution in [0, 0.1) is 22.7 Å². The Morgan fingerprint density at radius 3 is 1.62 bits per heavy atom. The lowest BCUT2D eigenvalue weighted by Crippen LogP contribution is -2.14. The highest BCUT2D eigenvalue weighted by Crippen LogP contribution is 2.52. The standard InChI is InChI=1S/C38H21N3S/c39-22-25-8-7-9-26(23-40)38(25)24-16-18-30-31-19-17-27(21-33(31)29-11-2-1-10-28(29)32(30)20-24)41-34-12-3-5-14-36(34)42-37-15-6-4-13-35(37)41/h1-21H. The van der Waals surface area contributed by atoms with Gasteiger partial charge in [0.15, 0.2) is 0 Å². The minimum Gasteiger partial charge on any atom is -0.308 e. The summed E-state index contributed by atoms with van der Waals surface area (Å²) in [7, 11) is 0. The van der Waals surface area contributed by atoms with Gasteiger partial charge in [0.05, 0.1) is 34.6 Å². The van der Waals surface area contributed by atoms with E-state index in [2.05, 4.69) is 120 Å². The topological polar surface area (TPSA) is 50.8 Å².